The molecule has 2 unspecified atom stereocenters. The lowest BCUT2D eigenvalue weighted by molar-refractivity contribution is -0.870. The van der Waals surface area contributed by atoms with Crippen molar-refractivity contribution in [2.75, 3.05) is 47.5 Å². The Morgan fingerprint density at radius 1 is 0.380 bits per heavy atom. The maximum absolute atomic E-state index is 12.9. The lowest BCUT2D eigenvalue weighted by Gasteiger charge is -2.25. The Hall–Kier alpha value is -4.57. The molecule has 9 heteroatoms. The van der Waals surface area contributed by atoms with Gasteiger partial charge in [-0.1, -0.05) is 244 Å². The largest absolute Gasteiger partial charge is 0.477 e. The zero-order valence-electron chi connectivity index (χ0n) is 51.0. The summed E-state index contributed by atoms with van der Waals surface area (Å²) in [6.07, 6.45) is 82.6. The summed E-state index contributed by atoms with van der Waals surface area (Å²) in [5.74, 6) is -2.05. The van der Waals surface area contributed by atoms with Gasteiger partial charge >= 0.3 is 17.9 Å². The minimum absolute atomic E-state index is 0.178. The summed E-state index contributed by atoms with van der Waals surface area (Å²) < 4.78 is 22.9. The molecule has 0 amide bonds. The van der Waals surface area contributed by atoms with Gasteiger partial charge in [0.1, 0.15) is 13.2 Å². The number of carbonyl (C=O) groups excluding carboxylic acids is 2. The molecule has 0 saturated carbocycles. The molecule has 0 aliphatic heterocycles. The van der Waals surface area contributed by atoms with E-state index in [9.17, 15) is 19.5 Å². The van der Waals surface area contributed by atoms with E-state index >= 15 is 0 Å². The van der Waals surface area contributed by atoms with Gasteiger partial charge in [0.2, 0.25) is 0 Å². The van der Waals surface area contributed by atoms with Crippen molar-refractivity contribution < 1.29 is 42.9 Å². The van der Waals surface area contributed by atoms with Crippen LogP contribution in [0.25, 0.3) is 0 Å². The quantitative estimate of drug-likeness (QED) is 0.0211. The van der Waals surface area contributed by atoms with E-state index < -0.39 is 24.3 Å². The van der Waals surface area contributed by atoms with Crippen LogP contribution < -0.4 is 0 Å². The Bertz CT molecular complexity index is 1750. The molecule has 9 nitrogen and oxygen atoms in total. The van der Waals surface area contributed by atoms with Gasteiger partial charge < -0.3 is 28.5 Å². The molecule has 79 heavy (non-hydrogen) atoms. The van der Waals surface area contributed by atoms with E-state index in [4.69, 9.17) is 18.9 Å². The first-order valence-electron chi connectivity index (χ1n) is 31.3. The molecule has 0 saturated heterocycles. The van der Waals surface area contributed by atoms with E-state index in [1.807, 2.05) is 21.1 Å². The number of allylic oxidation sites excluding steroid dienone is 22. The molecule has 0 aliphatic rings. The second kappa shape index (κ2) is 59.5. The molecule has 0 aromatic heterocycles. The first-order chi connectivity index (χ1) is 38.6. The minimum atomic E-state index is -1.52. The molecule has 0 spiro atoms. The number of ether oxygens (including phenoxy) is 4. The third-order valence-electron chi connectivity index (χ3n) is 12.9. The van der Waals surface area contributed by atoms with E-state index in [-0.39, 0.29) is 38.6 Å². The van der Waals surface area contributed by atoms with E-state index in [0.717, 1.165) is 116 Å². The van der Waals surface area contributed by atoms with Crippen LogP contribution in [0.4, 0.5) is 0 Å². The molecule has 0 aromatic carbocycles. The van der Waals surface area contributed by atoms with Gasteiger partial charge in [-0.2, -0.15) is 0 Å². The fourth-order valence-electron chi connectivity index (χ4n) is 8.16. The third-order valence-corrected chi connectivity index (χ3v) is 12.9. The second-order valence-electron chi connectivity index (χ2n) is 21.6. The smallest absolute Gasteiger partial charge is 0.361 e. The number of hydrogen-bond donors (Lipinski definition) is 1. The molecule has 0 aromatic rings. The van der Waals surface area contributed by atoms with E-state index in [0.29, 0.717) is 23.9 Å². The zero-order valence-corrected chi connectivity index (χ0v) is 51.0. The number of carboxylic acid groups (broad SMARTS) is 1. The average Bonchev–Trinajstić information content (AvgIpc) is 3.42. The molecule has 448 valence electrons. The van der Waals surface area contributed by atoms with E-state index in [1.54, 1.807) is 0 Å². The maximum atomic E-state index is 12.9. The Morgan fingerprint density at radius 3 is 1.01 bits per heavy atom. The molecular formula is C70H116NO8+. The highest BCUT2D eigenvalue weighted by molar-refractivity contribution is 5.71. The number of unbranched alkanes of at least 4 members (excludes halogenated alkanes) is 19. The van der Waals surface area contributed by atoms with Gasteiger partial charge in [-0.3, -0.25) is 9.59 Å². The number of carboxylic acids is 1. The number of rotatable bonds is 56. The lowest BCUT2D eigenvalue weighted by Crippen LogP contribution is -2.40. The van der Waals surface area contributed by atoms with Crippen LogP contribution in [0.1, 0.15) is 232 Å². The number of carbonyl (C=O) groups is 3. The summed E-state index contributed by atoms with van der Waals surface area (Å²) in [4.78, 5) is 37.5. The van der Waals surface area contributed by atoms with Crippen molar-refractivity contribution in [3.63, 3.8) is 0 Å². The Morgan fingerprint density at radius 2 is 0.684 bits per heavy atom. The molecular weight excluding hydrogens is 983 g/mol. The standard InChI is InChI=1S/C70H115NO8/c1-6-8-10-12-14-16-18-20-22-24-25-26-27-28-29-30-31-32-33-34-35-36-37-38-39-40-41-42-43-45-47-49-51-53-55-57-59-61-68(73)79-66(65-78-70(69(74)75)76-63-62-71(3,4)5)64-77-67(72)60-58-56-54-52-50-48-46-44-23-21-19-17-15-13-11-9-7-2/h8-11,14-17,20-23,25-26,28-29,31-32,34-35,46,48,66,70H,6-7,12-13,18-19,24,27,30,33,36-45,47,49-65H2,1-5H3/p+1/b10-8-,11-9-,16-14-,17-15-,22-20-,23-21-,26-25-,29-28-,32-31-,35-34-,48-46-. The number of nitrogens with zero attached hydrogens (tertiary/aromatic N) is 1. The normalized spacial score (nSPS) is 13.7. The van der Waals surface area contributed by atoms with Crippen molar-refractivity contribution in [1.29, 1.82) is 0 Å². The van der Waals surface area contributed by atoms with Crippen LogP contribution in [0.5, 0.6) is 0 Å². The number of quaternary nitrogens is 1. The van der Waals surface area contributed by atoms with Crippen LogP contribution in [0.15, 0.2) is 134 Å². The molecule has 0 radical (unpaired) electrons. The molecule has 0 bridgehead atoms. The van der Waals surface area contributed by atoms with Crippen LogP contribution in [-0.2, 0) is 33.3 Å². The van der Waals surface area contributed by atoms with Crippen LogP contribution in [0.2, 0.25) is 0 Å². The summed E-state index contributed by atoms with van der Waals surface area (Å²) in [5.41, 5.74) is 0. The predicted octanol–water partition coefficient (Wildman–Crippen LogP) is 19.0. The summed E-state index contributed by atoms with van der Waals surface area (Å²) in [6.45, 7) is 4.61. The highest BCUT2D eigenvalue weighted by Gasteiger charge is 2.25. The maximum Gasteiger partial charge on any atom is 0.361 e. The van der Waals surface area contributed by atoms with Gasteiger partial charge in [0, 0.05) is 12.8 Å². The van der Waals surface area contributed by atoms with Crippen molar-refractivity contribution >= 4 is 17.9 Å². The van der Waals surface area contributed by atoms with Crippen LogP contribution in [0, 0.1) is 0 Å². The fraction of sp³-hybridized carbons (Fsp3) is 0.643. The highest BCUT2D eigenvalue weighted by atomic mass is 16.7. The van der Waals surface area contributed by atoms with Crippen molar-refractivity contribution in [3.8, 4) is 0 Å². The summed E-state index contributed by atoms with van der Waals surface area (Å²) in [5, 5.41) is 9.71. The van der Waals surface area contributed by atoms with Crippen LogP contribution in [-0.4, -0.2) is 87.4 Å². The van der Waals surface area contributed by atoms with Gasteiger partial charge in [0.25, 0.3) is 6.29 Å². The SMILES string of the molecule is CC/C=C\C/C=C\C/C=C\C/C=C\C/C=C\C/C=C\C/C=C\CCCCCCCCCCCCCCCCCC(=O)OC(COC(=O)CCCCCC/C=C\C/C=C\C/C=C\C/C=C\CC)COC(OCC[N+](C)(C)C)C(=O)O. The summed E-state index contributed by atoms with van der Waals surface area (Å²) >= 11 is 0. The van der Waals surface area contributed by atoms with Crippen molar-refractivity contribution in [1.82, 2.24) is 0 Å². The summed E-state index contributed by atoms with van der Waals surface area (Å²) in [6, 6.07) is 0. The van der Waals surface area contributed by atoms with Gasteiger partial charge in [-0.25, -0.2) is 4.79 Å². The van der Waals surface area contributed by atoms with Crippen LogP contribution in [0.3, 0.4) is 0 Å². The van der Waals surface area contributed by atoms with E-state index in [2.05, 4.69) is 148 Å². The first-order valence-corrected chi connectivity index (χ1v) is 31.3. The monoisotopic (exact) mass is 1100 g/mol. The molecule has 0 fully saturated rings. The van der Waals surface area contributed by atoms with Crippen molar-refractivity contribution in [2.45, 2.75) is 245 Å². The average molecular weight is 1100 g/mol. The Balaban J connectivity index is 4.14. The highest BCUT2D eigenvalue weighted by Crippen LogP contribution is 2.16. The Kier molecular flexibility index (Phi) is 56.1. The minimum Gasteiger partial charge on any atom is -0.477 e. The topological polar surface area (TPSA) is 108 Å². The fourth-order valence-corrected chi connectivity index (χ4v) is 8.16. The molecule has 2 atom stereocenters. The van der Waals surface area contributed by atoms with E-state index in [1.165, 1.54) is 77.0 Å². The number of likely N-dealkylation sites (N-methyl/N-ethyl adjacent to an activating group) is 1. The van der Waals surface area contributed by atoms with Gasteiger partial charge in [0.05, 0.1) is 34.4 Å². The Labute approximate surface area is 484 Å². The number of aliphatic carboxylic acids is 1. The molecule has 1 N–H and O–H groups in total. The lowest BCUT2D eigenvalue weighted by atomic mass is 10.0. The van der Waals surface area contributed by atoms with Gasteiger partial charge in [-0.05, 0) is 109 Å². The first kappa shape index (κ1) is 74.4. The zero-order chi connectivity index (χ0) is 57.6. The van der Waals surface area contributed by atoms with Gasteiger partial charge in [-0.15, -0.1) is 0 Å². The van der Waals surface area contributed by atoms with Crippen molar-refractivity contribution in [2.24, 2.45) is 0 Å². The molecule has 0 aliphatic carbocycles. The number of hydrogen-bond acceptors (Lipinski definition) is 7. The second-order valence-corrected chi connectivity index (χ2v) is 21.6. The number of esters is 2. The third kappa shape index (κ3) is 60.9. The predicted molar refractivity (Wildman–Crippen MR) is 336 cm³/mol. The van der Waals surface area contributed by atoms with Crippen LogP contribution >= 0.6 is 0 Å². The molecule has 0 heterocycles. The molecule has 0 rings (SSSR count). The van der Waals surface area contributed by atoms with Gasteiger partial charge in [0.15, 0.2) is 6.10 Å². The summed E-state index contributed by atoms with van der Waals surface area (Å²) in [7, 11) is 5.95. The van der Waals surface area contributed by atoms with Crippen molar-refractivity contribution in [3.05, 3.63) is 134 Å².